The molecule has 1 amide bonds. The zero-order valence-corrected chi connectivity index (χ0v) is 13.8. The van der Waals surface area contributed by atoms with Gasteiger partial charge in [-0.3, -0.25) is 9.89 Å². The highest BCUT2D eigenvalue weighted by Crippen LogP contribution is 2.24. The van der Waals surface area contributed by atoms with Crippen LogP contribution in [-0.4, -0.2) is 51.8 Å². The molecule has 2 N–H and O–H groups in total. The second-order valence-corrected chi connectivity index (χ2v) is 6.01. The normalized spacial score (nSPS) is 17.0. The molecule has 8 nitrogen and oxygen atoms in total. The van der Waals surface area contributed by atoms with Crippen molar-refractivity contribution in [2.24, 2.45) is 0 Å². The summed E-state index contributed by atoms with van der Waals surface area (Å²) >= 11 is 0. The third-order valence-corrected chi connectivity index (χ3v) is 4.30. The third kappa shape index (κ3) is 3.20. The Kier molecular flexibility index (Phi) is 4.21. The van der Waals surface area contributed by atoms with E-state index in [2.05, 4.69) is 20.5 Å². The average Bonchev–Trinajstić information content (AvgIpc) is 3.22. The number of hydrogen-bond acceptors (Lipinski definition) is 6. The van der Waals surface area contributed by atoms with Gasteiger partial charge in [-0.2, -0.15) is 10.4 Å². The van der Waals surface area contributed by atoms with Crippen LogP contribution in [0, 0.1) is 11.5 Å². The number of carbonyl (C=O) groups is 1. The summed E-state index contributed by atoms with van der Waals surface area (Å²) in [6.07, 6.45) is 6.66. The number of nitriles is 1. The van der Waals surface area contributed by atoms with Gasteiger partial charge in [-0.05, 0) is 23.1 Å². The first-order valence-electron chi connectivity index (χ1n) is 8.19. The third-order valence-electron chi connectivity index (χ3n) is 4.30. The molecule has 1 fully saturated rings. The van der Waals surface area contributed by atoms with Crippen LogP contribution in [0.25, 0.3) is 21.9 Å². The number of aromatic amines is 1. The Balaban J connectivity index is 1.55. The molecule has 2 aromatic heterocycles. The first-order chi connectivity index (χ1) is 12.7. The first kappa shape index (κ1) is 16.1. The molecule has 0 bridgehead atoms. The van der Waals surface area contributed by atoms with Crippen LogP contribution >= 0.6 is 0 Å². The van der Waals surface area contributed by atoms with Crippen LogP contribution in [0.15, 0.2) is 42.9 Å². The van der Waals surface area contributed by atoms with Crippen molar-refractivity contribution in [1.29, 1.82) is 5.26 Å². The number of aromatic nitrogens is 3. The Morgan fingerprint density at radius 2 is 2.23 bits per heavy atom. The lowest BCUT2D eigenvalue weighted by Gasteiger charge is -2.28. The lowest BCUT2D eigenvalue weighted by molar-refractivity contribution is -0.131. The summed E-state index contributed by atoms with van der Waals surface area (Å²) in [5.74, 6) is 0.146. The Morgan fingerprint density at radius 3 is 3.04 bits per heavy atom. The predicted octanol–water partition coefficient (Wildman–Crippen LogP) is 1.75. The number of nitrogens with zero attached hydrogens (tertiary/aromatic N) is 4. The van der Waals surface area contributed by atoms with Gasteiger partial charge in [0.15, 0.2) is 12.3 Å². The highest BCUT2D eigenvalue weighted by atomic mass is 16.5. The highest BCUT2D eigenvalue weighted by Gasteiger charge is 2.26. The van der Waals surface area contributed by atoms with Gasteiger partial charge in [0.05, 0.1) is 25.9 Å². The van der Waals surface area contributed by atoms with Crippen LogP contribution in [0.5, 0.6) is 0 Å². The van der Waals surface area contributed by atoms with Gasteiger partial charge in [-0.1, -0.05) is 12.1 Å². The summed E-state index contributed by atoms with van der Waals surface area (Å²) < 4.78 is 5.46. The van der Waals surface area contributed by atoms with Gasteiger partial charge < -0.3 is 15.0 Å². The van der Waals surface area contributed by atoms with E-state index in [4.69, 9.17) is 10.00 Å². The highest BCUT2D eigenvalue weighted by molar-refractivity contribution is 5.96. The smallest absolute Gasteiger partial charge is 0.256 e. The molecule has 1 aromatic carbocycles. The molecule has 1 unspecified atom stereocenters. The van der Waals surface area contributed by atoms with Gasteiger partial charge in [0, 0.05) is 23.3 Å². The molecule has 1 aliphatic heterocycles. The van der Waals surface area contributed by atoms with Crippen molar-refractivity contribution in [3.05, 3.63) is 42.9 Å². The van der Waals surface area contributed by atoms with Gasteiger partial charge in [-0.15, -0.1) is 0 Å². The van der Waals surface area contributed by atoms with Crippen LogP contribution < -0.4 is 5.32 Å². The Bertz CT molecular complexity index is 979. The van der Waals surface area contributed by atoms with Crippen molar-refractivity contribution < 1.29 is 9.53 Å². The average molecular weight is 348 g/mol. The Hall–Kier alpha value is -3.44. The minimum atomic E-state index is -0.682. The lowest BCUT2D eigenvalue weighted by atomic mass is 10.1. The topological polar surface area (TPSA) is 107 Å². The van der Waals surface area contributed by atoms with E-state index in [1.807, 2.05) is 36.7 Å². The quantitative estimate of drug-likeness (QED) is 0.698. The number of hydrogen-bond donors (Lipinski definition) is 2. The van der Waals surface area contributed by atoms with Crippen LogP contribution in [0.4, 0.5) is 5.82 Å². The summed E-state index contributed by atoms with van der Waals surface area (Å²) in [5.41, 5.74) is 2.01. The lowest BCUT2D eigenvalue weighted by Crippen LogP contribution is -2.46. The van der Waals surface area contributed by atoms with E-state index < -0.39 is 6.10 Å². The first-order valence-corrected chi connectivity index (χ1v) is 8.19. The summed E-state index contributed by atoms with van der Waals surface area (Å²) in [6, 6.07) is 7.82. The number of nitrogens with one attached hydrogen (secondary N) is 2. The second-order valence-electron chi connectivity index (χ2n) is 6.01. The fraction of sp³-hybridized carbons (Fsp3) is 0.222. The van der Waals surface area contributed by atoms with Crippen molar-refractivity contribution >= 4 is 22.5 Å². The maximum atomic E-state index is 12.4. The molecule has 0 radical (unpaired) electrons. The minimum absolute atomic E-state index is 0.251. The molecule has 3 heterocycles. The number of amides is 1. The van der Waals surface area contributed by atoms with Crippen molar-refractivity contribution in [1.82, 2.24) is 20.1 Å². The molecule has 0 aliphatic carbocycles. The predicted molar refractivity (Wildman–Crippen MR) is 94.9 cm³/mol. The van der Waals surface area contributed by atoms with Crippen molar-refractivity contribution in [2.75, 3.05) is 25.0 Å². The molecule has 0 spiro atoms. The molecule has 8 heteroatoms. The number of carbonyl (C=O) groups excluding carboxylic acids is 1. The van der Waals surface area contributed by atoms with Crippen LogP contribution in [0.1, 0.15) is 0 Å². The fourth-order valence-corrected chi connectivity index (χ4v) is 2.90. The van der Waals surface area contributed by atoms with Gasteiger partial charge >= 0.3 is 0 Å². The molecule has 3 aromatic rings. The number of pyridine rings is 1. The number of anilines is 1. The van der Waals surface area contributed by atoms with E-state index in [9.17, 15) is 4.79 Å². The second kappa shape index (κ2) is 6.82. The molecule has 4 rings (SSSR count). The van der Waals surface area contributed by atoms with E-state index in [1.165, 1.54) is 4.90 Å². The molecule has 1 saturated heterocycles. The number of H-pyrrole nitrogens is 1. The van der Waals surface area contributed by atoms with E-state index in [0.717, 1.165) is 21.9 Å². The number of ether oxygens (including phenoxy) is 1. The molecule has 26 heavy (non-hydrogen) atoms. The van der Waals surface area contributed by atoms with Crippen molar-refractivity contribution in [2.45, 2.75) is 6.10 Å². The van der Waals surface area contributed by atoms with Crippen LogP contribution in [-0.2, 0) is 9.53 Å². The maximum absolute atomic E-state index is 12.4. The standard InChI is InChI=1S/C18H16N6O2/c19-11-24-3-4-26-16(10-24)18(25)23-17-6-14-5-12(15-8-21-22-9-15)1-2-13(14)7-20-17/h1-2,5-9,16H,3-4,10H2,(H,21,22)(H,20,23,25). The van der Waals surface area contributed by atoms with E-state index in [-0.39, 0.29) is 12.5 Å². The summed E-state index contributed by atoms with van der Waals surface area (Å²) in [6.45, 7) is 1.11. The van der Waals surface area contributed by atoms with Gasteiger partial charge in [0.1, 0.15) is 5.82 Å². The van der Waals surface area contributed by atoms with Gasteiger partial charge in [0.25, 0.3) is 5.91 Å². The molecular weight excluding hydrogens is 332 g/mol. The molecular formula is C18H16N6O2. The molecule has 1 aliphatic rings. The summed E-state index contributed by atoms with van der Waals surface area (Å²) in [5, 5.41) is 20.4. The van der Waals surface area contributed by atoms with Crippen molar-refractivity contribution in [3.8, 4) is 17.3 Å². The zero-order chi connectivity index (χ0) is 17.9. The van der Waals surface area contributed by atoms with Crippen LogP contribution in [0.3, 0.4) is 0 Å². The summed E-state index contributed by atoms with van der Waals surface area (Å²) in [4.78, 5) is 18.2. The van der Waals surface area contributed by atoms with Crippen molar-refractivity contribution in [3.63, 3.8) is 0 Å². The van der Waals surface area contributed by atoms with E-state index in [1.54, 1.807) is 12.4 Å². The SMILES string of the molecule is N#CN1CCOC(C(=O)Nc2cc3cc(-c4cn[nH]c4)ccc3cn2)C1. The molecule has 1 atom stereocenters. The number of morpholine rings is 1. The fourth-order valence-electron chi connectivity index (χ4n) is 2.90. The van der Waals surface area contributed by atoms with E-state index >= 15 is 0 Å². The monoisotopic (exact) mass is 348 g/mol. The van der Waals surface area contributed by atoms with E-state index in [0.29, 0.717) is 19.0 Å². The number of fused-ring (bicyclic) bond motifs is 1. The molecule has 130 valence electrons. The Labute approximate surface area is 149 Å². The largest absolute Gasteiger partial charge is 0.365 e. The van der Waals surface area contributed by atoms with Crippen LogP contribution in [0.2, 0.25) is 0 Å². The number of rotatable bonds is 3. The van der Waals surface area contributed by atoms with Gasteiger partial charge in [0.2, 0.25) is 0 Å². The minimum Gasteiger partial charge on any atom is -0.365 e. The summed E-state index contributed by atoms with van der Waals surface area (Å²) in [7, 11) is 0. The number of benzene rings is 1. The van der Waals surface area contributed by atoms with Gasteiger partial charge in [-0.25, -0.2) is 4.98 Å². The molecule has 0 saturated carbocycles. The zero-order valence-electron chi connectivity index (χ0n) is 13.8. The maximum Gasteiger partial charge on any atom is 0.256 e. The Morgan fingerprint density at radius 1 is 1.31 bits per heavy atom.